The van der Waals surface area contributed by atoms with Crippen LogP contribution >= 0.6 is 11.8 Å². The van der Waals surface area contributed by atoms with Crippen molar-refractivity contribution in [1.29, 1.82) is 0 Å². The summed E-state index contributed by atoms with van der Waals surface area (Å²) in [7, 11) is 0. The van der Waals surface area contributed by atoms with E-state index in [4.69, 9.17) is 10.9 Å². The lowest BCUT2D eigenvalue weighted by Crippen LogP contribution is -2.17. The zero-order chi connectivity index (χ0) is 15.2. The number of nitrogens with two attached hydrogens (primary N) is 1. The highest BCUT2D eigenvalue weighted by atomic mass is 32.2. The number of rotatable bonds is 6. The standard InChI is InChI=1S/C13H17N5O2S/c1-2-7-18-12(19)15-16-13(18)21-8-9-5-3-4-6-10(9)11(14)17-20/h3-6,20H,2,7-8H2,1H3,(H2,14,17)(H,15,19). The minimum atomic E-state index is -0.205. The maximum atomic E-state index is 11.6. The number of benzene rings is 1. The Morgan fingerprint density at radius 2 is 2.29 bits per heavy atom. The number of thioether (sulfide) groups is 1. The van der Waals surface area contributed by atoms with Crippen molar-refractivity contribution in [2.24, 2.45) is 10.9 Å². The van der Waals surface area contributed by atoms with Crippen molar-refractivity contribution in [3.63, 3.8) is 0 Å². The molecule has 0 bridgehead atoms. The fourth-order valence-corrected chi connectivity index (χ4v) is 2.90. The molecule has 8 heteroatoms. The van der Waals surface area contributed by atoms with Gasteiger partial charge >= 0.3 is 5.69 Å². The smallest absolute Gasteiger partial charge is 0.343 e. The highest BCUT2D eigenvalue weighted by Gasteiger charge is 2.11. The zero-order valence-corrected chi connectivity index (χ0v) is 12.4. The Balaban J connectivity index is 2.19. The summed E-state index contributed by atoms with van der Waals surface area (Å²) in [5.41, 5.74) is 7.04. The summed E-state index contributed by atoms with van der Waals surface area (Å²) in [6, 6.07) is 7.39. The van der Waals surface area contributed by atoms with Gasteiger partial charge in [-0.05, 0) is 12.0 Å². The maximum Gasteiger partial charge on any atom is 0.343 e. The van der Waals surface area contributed by atoms with E-state index in [2.05, 4.69) is 15.4 Å². The number of amidine groups is 1. The van der Waals surface area contributed by atoms with Crippen LogP contribution in [0.3, 0.4) is 0 Å². The van der Waals surface area contributed by atoms with Gasteiger partial charge in [0.15, 0.2) is 11.0 Å². The molecule has 4 N–H and O–H groups in total. The van der Waals surface area contributed by atoms with Gasteiger partial charge in [0.2, 0.25) is 0 Å². The predicted octanol–water partition coefficient (Wildman–Crippen LogP) is 1.37. The number of aromatic amines is 1. The van der Waals surface area contributed by atoms with Crippen LogP contribution in [0.5, 0.6) is 0 Å². The number of hydrogen-bond acceptors (Lipinski definition) is 5. The van der Waals surface area contributed by atoms with Crippen molar-refractivity contribution < 1.29 is 5.21 Å². The van der Waals surface area contributed by atoms with Crippen LogP contribution in [0.25, 0.3) is 0 Å². The maximum absolute atomic E-state index is 11.6. The van der Waals surface area contributed by atoms with Crippen LogP contribution in [0.1, 0.15) is 24.5 Å². The SMILES string of the molecule is CCCn1c(SCc2ccccc2C(N)=NO)n[nH]c1=O. The lowest BCUT2D eigenvalue weighted by molar-refractivity contribution is 0.318. The Hall–Kier alpha value is -2.22. The van der Waals surface area contributed by atoms with Crippen LogP contribution in [0.4, 0.5) is 0 Å². The van der Waals surface area contributed by atoms with Crippen LogP contribution in [0.15, 0.2) is 39.4 Å². The van der Waals surface area contributed by atoms with Gasteiger partial charge < -0.3 is 10.9 Å². The Morgan fingerprint density at radius 3 is 3.00 bits per heavy atom. The first-order chi connectivity index (χ1) is 10.2. The second-order valence-electron chi connectivity index (χ2n) is 4.39. The van der Waals surface area contributed by atoms with Crippen molar-refractivity contribution in [3.8, 4) is 0 Å². The second-order valence-corrected chi connectivity index (χ2v) is 5.34. The lowest BCUT2D eigenvalue weighted by Gasteiger charge is -2.08. The van der Waals surface area contributed by atoms with Gasteiger partial charge in [-0.2, -0.15) is 0 Å². The average molecular weight is 307 g/mol. The number of oxime groups is 1. The molecular weight excluding hydrogens is 290 g/mol. The summed E-state index contributed by atoms with van der Waals surface area (Å²) in [6.07, 6.45) is 0.855. The molecule has 0 aliphatic rings. The minimum Gasteiger partial charge on any atom is -0.409 e. The van der Waals surface area contributed by atoms with Crippen molar-refractivity contribution in [2.45, 2.75) is 30.8 Å². The van der Waals surface area contributed by atoms with Crippen LogP contribution < -0.4 is 11.4 Å². The number of H-pyrrole nitrogens is 1. The molecule has 2 rings (SSSR count). The lowest BCUT2D eigenvalue weighted by atomic mass is 10.1. The molecule has 0 aliphatic carbocycles. The fourth-order valence-electron chi connectivity index (χ4n) is 1.93. The van der Waals surface area contributed by atoms with Crippen LogP contribution in [-0.4, -0.2) is 25.8 Å². The van der Waals surface area contributed by atoms with E-state index in [0.717, 1.165) is 12.0 Å². The Labute approximate surface area is 125 Å². The Kier molecular flexibility index (Phi) is 5.04. The van der Waals surface area contributed by atoms with E-state index in [0.29, 0.717) is 23.0 Å². The van der Waals surface area contributed by atoms with Crippen LogP contribution in [0.2, 0.25) is 0 Å². The number of aromatic nitrogens is 3. The molecule has 0 atom stereocenters. The molecule has 21 heavy (non-hydrogen) atoms. The third-order valence-corrected chi connectivity index (χ3v) is 3.95. The molecule has 7 nitrogen and oxygen atoms in total. The van der Waals surface area contributed by atoms with Crippen molar-refractivity contribution in [2.75, 3.05) is 0 Å². The normalized spacial score (nSPS) is 11.8. The van der Waals surface area contributed by atoms with Gasteiger partial charge in [0.25, 0.3) is 0 Å². The van der Waals surface area contributed by atoms with Gasteiger partial charge in [-0.3, -0.25) is 4.57 Å². The molecule has 1 aromatic carbocycles. The summed E-state index contributed by atoms with van der Waals surface area (Å²) in [5, 5.41) is 19.0. The molecule has 1 heterocycles. The topological polar surface area (TPSA) is 109 Å². The summed E-state index contributed by atoms with van der Waals surface area (Å²) < 4.78 is 1.61. The third-order valence-electron chi connectivity index (χ3n) is 2.93. The molecule has 0 fully saturated rings. The molecule has 0 spiro atoms. The van der Waals surface area contributed by atoms with E-state index in [1.807, 2.05) is 25.1 Å². The number of nitrogens with zero attached hydrogens (tertiary/aromatic N) is 3. The summed E-state index contributed by atoms with van der Waals surface area (Å²) in [4.78, 5) is 11.6. The van der Waals surface area contributed by atoms with E-state index < -0.39 is 0 Å². The molecule has 0 saturated carbocycles. The van der Waals surface area contributed by atoms with E-state index in [1.54, 1.807) is 10.6 Å². The van der Waals surface area contributed by atoms with Crippen LogP contribution in [0, 0.1) is 0 Å². The van der Waals surface area contributed by atoms with Gasteiger partial charge in [-0.25, -0.2) is 9.89 Å². The molecule has 0 saturated heterocycles. The summed E-state index contributed by atoms with van der Waals surface area (Å²) >= 11 is 1.43. The monoisotopic (exact) mass is 307 g/mol. The van der Waals surface area contributed by atoms with E-state index in [9.17, 15) is 4.79 Å². The van der Waals surface area contributed by atoms with Gasteiger partial charge in [0, 0.05) is 17.9 Å². The first-order valence-corrected chi connectivity index (χ1v) is 7.49. The largest absolute Gasteiger partial charge is 0.409 e. The molecular formula is C13H17N5O2S. The van der Waals surface area contributed by atoms with E-state index in [1.165, 1.54) is 11.8 Å². The van der Waals surface area contributed by atoms with Gasteiger partial charge in [0.05, 0.1) is 0 Å². The highest BCUT2D eigenvalue weighted by molar-refractivity contribution is 7.98. The van der Waals surface area contributed by atoms with Gasteiger partial charge in [0.1, 0.15) is 0 Å². The molecule has 2 aromatic rings. The third kappa shape index (κ3) is 3.46. The van der Waals surface area contributed by atoms with Crippen molar-refractivity contribution in [1.82, 2.24) is 14.8 Å². The zero-order valence-electron chi connectivity index (χ0n) is 11.6. The molecule has 0 radical (unpaired) electrons. The first kappa shape index (κ1) is 15.2. The quantitative estimate of drug-likeness (QED) is 0.245. The van der Waals surface area contributed by atoms with Gasteiger partial charge in [-0.1, -0.05) is 48.1 Å². The average Bonchev–Trinajstić information content (AvgIpc) is 2.86. The molecule has 0 aliphatic heterocycles. The van der Waals surface area contributed by atoms with Crippen LogP contribution in [-0.2, 0) is 12.3 Å². The molecule has 0 amide bonds. The molecule has 0 unspecified atom stereocenters. The van der Waals surface area contributed by atoms with Crippen molar-refractivity contribution in [3.05, 3.63) is 45.9 Å². The van der Waals surface area contributed by atoms with Gasteiger partial charge in [-0.15, -0.1) is 5.10 Å². The second kappa shape index (κ2) is 6.98. The minimum absolute atomic E-state index is 0.0687. The highest BCUT2D eigenvalue weighted by Crippen LogP contribution is 2.22. The molecule has 112 valence electrons. The predicted molar refractivity (Wildman–Crippen MR) is 81.7 cm³/mol. The number of hydrogen-bond donors (Lipinski definition) is 3. The summed E-state index contributed by atoms with van der Waals surface area (Å²) in [5.74, 6) is 0.639. The van der Waals surface area contributed by atoms with E-state index >= 15 is 0 Å². The first-order valence-electron chi connectivity index (χ1n) is 6.51. The van der Waals surface area contributed by atoms with E-state index in [-0.39, 0.29) is 11.5 Å². The number of nitrogens with one attached hydrogen (secondary N) is 1. The fraction of sp³-hybridized carbons (Fsp3) is 0.308. The Morgan fingerprint density at radius 1 is 1.52 bits per heavy atom. The van der Waals surface area contributed by atoms with Crippen molar-refractivity contribution >= 4 is 17.6 Å². The summed E-state index contributed by atoms with van der Waals surface area (Å²) in [6.45, 7) is 2.63. The Bertz CT molecular complexity index is 692. The molecule has 1 aromatic heterocycles.